The Morgan fingerprint density at radius 1 is 1.38 bits per heavy atom. The zero-order valence-corrected chi connectivity index (χ0v) is 15.6. The van der Waals surface area contributed by atoms with Gasteiger partial charge in [0.1, 0.15) is 0 Å². The molecule has 0 spiro atoms. The van der Waals surface area contributed by atoms with E-state index in [1.807, 2.05) is 49.2 Å². The Morgan fingerprint density at radius 2 is 2.19 bits per heavy atom. The molecule has 9 heteroatoms. The van der Waals surface area contributed by atoms with E-state index in [9.17, 15) is 0 Å². The number of anilines is 1. The molecule has 0 aromatic carbocycles. The van der Waals surface area contributed by atoms with E-state index in [0.29, 0.717) is 24.4 Å². The standard InChI is InChI=1S/C17H22N8S/c1-11(2)6-15(26-19)23-16-17-20-8-14(12-7-21-24(3)9-12)25(17)10-13(22-16)4-5-18/h6-10H,1,4-5,18-19H2,2-3H3,(H,22,23)/b15-6-. The largest absolute Gasteiger partial charge is 0.331 e. The van der Waals surface area contributed by atoms with Gasteiger partial charge in [-0.3, -0.25) is 14.2 Å². The average molecular weight is 370 g/mol. The quantitative estimate of drug-likeness (QED) is 0.431. The van der Waals surface area contributed by atoms with E-state index in [-0.39, 0.29) is 0 Å². The molecule has 0 aliphatic carbocycles. The number of aryl methyl sites for hydroxylation is 1. The van der Waals surface area contributed by atoms with Crippen molar-refractivity contribution < 1.29 is 0 Å². The molecular formula is C17H22N8S. The number of nitrogens with one attached hydrogen (secondary N) is 1. The molecule has 0 radical (unpaired) electrons. The summed E-state index contributed by atoms with van der Waals surface area (Å²) in [6.45, 7) is 6.30. The molecule has 3 aromatic heterocycles. The zero-order chi connectivity index (χ0) is 18.7. The van der Waals surface area contributed by atoms with Crippen LogP contribution in [0, 0.1) is 0 Å². The van der Waals surface area contributed by atoms with Crippen molar-refractivity contribution in [2.24, 2.45) is 17.9 Å². The molecule has 136 valence electrons. The van der Waals surface area contributed by atoms with Crippen molar-refractivity contribution in [1.29, 1.82) is 0 Å². The fourth-order valence-electron chi connectivity index (χ4n) is 2.60. The lowest BCUT2D eigenvalue weighted by Crippen LogP contribution is -2.10. The van der Waals surface area contributed by atoms with Crippen LogP contribution in [0.5, 0.6) is 0 Å². The third-order valence-corrected chi connectivity index (χ3v) is 4.16. The normalized spacial score (nSPS) is 11.9. The second-order valence-electron chi connectivity index (χ2n) is 5.96. The first-order valence-electron chi connectivity index (χ1n) is 8.09. The highest BCUT2D eigenvalue weighted by atomic mass is 32.2. The lowest BCUT2D eigenvalue weighted by atomic mass is 10.2. The highest BCUT2D eigenvalue weighted by Gasteiger charge is 2.14. The molecule has 26 heavy (non-hydrogen) atoms. The first kappa shape index (κ1) is 18.2. The molecule has 0 bridgehead atoms. The van der Waals surface area contributed by atoms with Crippen LogP contribution in [0.3, 0.4) is 0 Å². The van der Waals surface area contributed by atoms with Crippen molar-refractivity contribution in [3.05, 3.63) is 53.7 Å². The number of hydrogen-bond acceptors (Lipinski definition) is 7. The molecule has 3 rings (SSSR count). The van der Waals surface area contributed by atoms with Crippen LogP contribution in [0.1, 0.15) is 12.6 Å². The van der Waals surface area contributed by atoms with E-state index in [0.717, 1.165) is 39.5 Å². The van der Waals surface area contributed by atoms with Gasteiger partial charge in [-0.05, 0) is 31.5 Å². The summed E-state index contributed by atoms with van der Waals surface area (Å²) in [4.78, 5) is 9.21. The number of imidazole rings is 1. The molecule has 0 fully saturated rings. The number of hydrogen-bond donors (Lipinski definition) is 3. The smallest absolute Gasteiger partial charge is 0.180 e. The first-order valence-corrected chi connectivity index (χ1v) is 8.96. The predicted octanol–water partition coefficient (Wildman–Crippen LogP) is 2.07. The second kappa shape index (κ2) is 7.73. The van der Waals surface area contributed by atoms with Crippen molar-refractivity contribution >= 4 is 23.4 Å². The van der Waals surface area contributed by atoms with Gasteiger partial charge in [0.05, 0.1) is 28.8 Å². The van der Waals surface area contributed by atoms with E-state index in [1.54, 1.807) is 4.68 Å². The van der Waals surface area contributed by atoms with Crippen LogP contribution in [0.2, 0.25) is 0 Å². The van der Waals surface area contributed by atoms with Crippen LogP contribution < -0.4 is 16.2 Å². The summed E-state index contributed by atoms with van der Waals surface area (Å²) in [5.41, 5.74) is 10.1. The molecule has 0 saturated carbocycles. The van der Waals surface area contributed by atoms with Crippen molar-refractivity contribution in [3.8, 4) is 11.3 Å². The first-order chi connectivity index (χ1) is 12.5. The fourth-order valence-corrected chi connectivity index (χ4v) is 3.02. The Bertz CT molecular complexity index is 968. The van der Waals surface area contributed by atoms with Gasteiger partial charge in [0.25, 0.3) is 0 Å². The Kier molecular flexibility index (Phi) is 5.40. The summed E-state index contributed by atoms with van der Waals surface area (Å²) in [6.07, 6.45) is 10.0. The maximum Gasteiger partial charge on any atom is 0.180 e. The maximum absolute atomic E-state index is 5.77. The number of fused-ring (bicyclic) bond motifs is 1. The monoisotopic (exact) mass is 370 g/mol. The van der Waals surface area contributed by atoms with Crippen LogP contribution in [-0.4, -0.2) is 30.7 Å². The van der Waals surface area contributed by atoms with Crippen LogP contribution in [0.25, 0.3) is 16.9 Å². The molecule has 0 aliphatic heterocycles. The van der Waals surface area contributed by atoms with Crippen LogP contribution >= 0.6 is 11.9 Å². The zero-order valence-electron chi connectivity index (χ0n) is 14.8. The molecule has 5 N–H and O–H groups in total. The van der Waals surface area contributed by atoms with Crippen molar-refractivity contribution in [1.82, 2.24) is 24.1 Å². The van der Waals surface area contributed by atoms with Crippen molar-refractivity contribution in [2.45, 2.75) is 13.3 Å². The topological polar surface area (TPSA) is 112 Å². The van der Waals surface area contributed by atoms with E-state index in [1.165, 1.54) is 0 Å². The highest BCUT2D eigenvalue weighted by molar-refractivity contribution is 8.01. The lowest BCUT2D eigenvalue weighted by molar-refractivity contribution is 0.768. The van der Waals surface area contributed by atoms with Crippen LogP contribution in [-0.2, 0) is 13.5 Å². The Labute approximate surface area is 156 Å². The van der Waals surface area contributed by atoms with Gasteiger partial charge in [0.15, 0.2) is 11.5 Å². The summed E-state index contributed by atoms with van der Waals surface area (Å²) in [5, 5.41) is 14.0. The summed E-state index contributed by atoms with van der Waals surface area (Å²) in [6, 6.07) is 0. The van der Waals surface area contributed by atoms with E-state index < -0.39 is 0 Å². The average Bonchev–Trinajstić information content (AvgIpc) is 3.20. The molecule has 0 saturated heterocycles. The summed E-state index contributed by atoms with van der Waals surface area (Å²) in [5.74, 6) is 0.622. The molecule has 8 nitrogen and oxygen atoms in total. The SMILES string of the molecule is C=C(C)/C=C(/Nc1nc(CCN)cn2c(-c3cnn(C)c3)cnc12)SN. The Hall–Kier alpha value is -2.62. The molecular weight excluding hydrogens is 348 g/mol. The maximum atomic E-state index is 5.77. The van der Waals surface area contributed by atoms with Gasteiger partial charge in [-0.15, -0.1) is 0 Å². The van der Waals surface area contributed by atoms with Crippen molar-refractivity contribution in [3.63, 3.8) is 0 Å². The van der Waals surface area contributed by atoms with Gasteiger partial charge in [0, 0.05) is 31.4 Å². The van der Waals surface area contributed by atoms with Gasteiger partial charge >= 0.3 is 0 Å². The fraction of sp³-hybridized carbons (Fsp3) is 0.235. The second-order valence-corrected chi connectivity index (χ2v) is 6.63. The van der Waals surface area contributed by atoms with E-state index in [4.69, 9.17) is 10.9 Å². The van der Waals surface area contributed by atoms with Gasteiger partial charge in [-0.1, -0.05) is 12.2 Å². The van der Waals surface area contributed by atoms with Gasteiger partial charge in [-0.2, -0.15) is 5.10 Å². The number of nitrogens with two attached hydrogens (primary N) is 2. The van der Waals surface area contributed by atoms with Crippen molar-refractivity contribution in [2.75, 3.05) is 11.9 Å². The van der Waals surface area contributed by atoms with E-state index in [2.05, 4.69) is 27.0 Å². The van der Waals surface area contributed by atoms with Crippen LogP contribution in [0.15, 0.2) is 48.0 Å². The minimum absolute atomic E-state index is 0.509. The molecule has 0 unspecified atom stereocenters. The number of allylic oxidation sites excluding steroid dienone is 2. The van der Waals surface area contributed by atoms with Gasteiger partial charge < -0.3 is 11.1 Å². The van der Waals surface area contributed by atoms with Gasteiger partial charge in [-0.25, -0.2) is 9.97 Å². The number of aromatic nitrogens is 5. The molecule has 0 amide bonds. The molecule has 0 atom stereocenters. The molecule has 3 aromatic rings. The highest BCUT2D eigenvalue weighted by Crippen LogP contribution is 2.26. The molecule has 0 aliphatic rings. The number of rotatable bonds is 7. The lowest BCUT2D eigenvalue weighted by Gasteiger charge is -2.11. The third-order valence-electron chi connectivity index (χ3n) is 3.69. The minimum atomic E-state index is 0.509. The summed E-state index contributed by atoms with van der Waals surface area (Å²) in [7, 11) is 1.88. The minimum Gasteiger partial charge on any atom is -0.331 e. The predicted molar refractivity (Wildman–Crippen MR) is 106 cm³/mol. The van der Waals surface area contributed by atoms with Crippen LogP contribution in [0.4, 0.5) is 5.82 Å². The summed E-state index contributed by atoms with van der Waals surface area (Å²) < 4.78 is 3.76. The van der Waals surface area contributed by atoms with E-state index >= 15 is 0 Å². The molecule has 3 heterocycles. The third kappa shape index (κ3) is 3.79. The van der Waals surface area contributed by atoms with Gasteiger partial charge in [0.2, 0.25) is 0 Å². The Balaban J connectivity index is 2.13. The Morgan fingerprint density at radius 3 is 2.81 bits per heavy atom. The summed E-state index contributed by atoms with van der Waals surface area (Å²) >= 11 is 1.10. The number of nitrogens with zero attached hydrogens (tertiary/aromatic N) is 5.